The Kier molecular flexibility index (Phi) is 10.0. The number of likely N-dealkylation sites (tertiary alicyclic amines) is 1. The molecule has 0 atom stereocenters. The van der Waals surface area contributed by atoms with Gasteiger partial charge in [0, 0.05) is 33.4 Å². The second-order valence-corrected chi connectivity index (χ2v) is 8.70. The Morgan fingerprint density at radius 1 is 1.17 bits per heavy atom. The molecule has 2 fully saturated rings. The molecule has 0 amide bonds. The summed E-state index contributed by atoms with van der Waals surface area (Å²) in [4.78, 5) is 6.39. The van der Waals surface area contributed by atoms with Gasteiger partial charge in [0.1, 0.15) is 0 Å². The van der Waals surface area contributed by atoms with E-state index in [0.717, 1.165) is 57.9 Å². The van der Waals surface area contributed by atoms with Crippen molar-refractivity contribution in [3.63, 3.8) is 0 Å². The van der Waals surface area contributed by atoms with Crippen LogP contribution in [0, 0.1) is 11.3 Å². The number of piperidine rings is 1. The van der Waals surface area contributed by atoms with E-state index in [-0.39, 0.29) is 5.41 Å². The zero-order valence-electron chi connectivity index (χ0n) is 18.1. The van der Waals surface area contributed by atoms with Crippen molar-refractivity contribution in [2.45, 2.75) is 64.5 Å². The standard InChI is InChI=1S/C21H39F3N4O/c1-3-25-19(27-16-20(11-15-29-2)9-4-5-10-20)26-12-6-18-7-13-28(14-8-18)17-21(22,23)24/h18H,3-17H2,1-2H3,(H2,25,26,27). The Labute approximate surface area is 173 Å². The van der Waals surface area contributed by atoms with Crippen molar-refractivity contribution in [1.29, 1.82) is 0 Å². The first kappa shape index (κ1) is 24.3. The van der Waals surface area contributed by atoms with Crippen LogP contribution in [-0.2, 0) is 4.74 Å². The van der Waals surface area contributed by atoms with Gasteiger partial charge in [-0.2, -0.15) is 13.2 Å². The van der Waals surface area contributed by atoms with Crippen molar-refractivity contribution in [2.75, 3.05) is 53.0 Å². The summed E-state index contributed by atoms with van der Waals surface area (Å²) in [6.07, 6.45) is 4.60. The number of hydrogen-bond donors (Lipinski definition) is 2. The molecule has 8 heteroatoms. The molecule has 5 nitrogen and oxygen atoms in total. The highest BCUT2D eigenvalue weighted by Gasteiger charge is 2.34. The van der Waals surface area contributed by atoms with Crippen LogP contribution in [0.25, 0.3) is 0 Å². The van der Waals surface area contributed by atoms with Gasteiger partial charge >= 0.3 is 6.18 Å². The predicted octanol–water partition coefficient (Wildman–Crippen LogP) is 3.80. The first-order valence-electron chi connectivity index (χ1n) is 11.2. The molecule has 0 aromatic rings. The molecule has 170 valence electrons. The lowest BCUT2D eigenvalue weighted by Gasteiger charge is -2.32. The number of hydrogen-bond acceptors (Lipinski definition) is 3. The number of methoxy groups -OCH3 is 1. The lowest BCUT2D eigenvalue weighted by Crippen LogP contribution is -2.42. The first-order valence-corrected chi connectivity index (χ1v) is 11.2. The Morgan fingerprint density at radius 3 is 2.45 bits per heavy atom. The fourth-order valence-electron chi connectivity index (χ4n) is 4.60. The van der Waals surface area contributed by atoms with E-state index in [1.807, 2.05) is 0 Å². The molecule has 29 heavy (non-hydrogen) atoms. The molecule has 0 unspecified atom stereocenters. The molecule has 0 aromatic carbocycles. The van der Waals surface area contributed by atoms with Crippen LogP contribution >= 0.6 is 0 Å². The third-order valence-corrected chi connectivity index (χ3v) is 6.37. The van der Waals surface area contributed by atoms with Crippen LogP contribution < -0.4 is 10.6 Å². The molecule has 2 rings (SSSR count). The van der Waals surface area contributed by atoms with Gasteiger partial charge < -0.3 is 15.4 Å². The summed E-state index contributed by atoms with van der Waals surface area (Å²) in [5.74, 6) is 1.34. The van der Waals surface area contributed by atoms with Crippen molar-refractivity contribution >= 4 is 5.96 Å². The van der Waals surface area contributed by atoms with Crippen molar-refractivity contribution in [2.24, 2.45) is 16.3 Å². The number of guanidine groups is 1. The van der Waals surface area contributed by atoms with Crippen molar-refractivity contribution in [3.05, 3.63) is 0 Å². The normalized spacial score (nSPS) is 21.5. The maximum absolute atomic E-state index is 12.5. The Balaban J connectivity index is 1.74. The lowest BCUT2D eigenvalue weighted by atomic mass is 9.83. The van der Waals surface area contributed by atoms with Crippen LogP contribution in [0.5, 0.6) is 0 Å². The summed E-state index contributed by atoms with van der Waals surface area (Å²) in [5.41, 5.74) is 0.268. The van der Waals surface area contributed by atoms with Crippen LogP contribution in [0.3, 0.4) is 0 Å². The molecule has 0 spiro atoms. The number of ether oxygens (including phenoxy) is 1. The summed E-state index contributed by atoms with van der Waals surface area (Å²) >= 11 is 0. The fourth-order valence-corrected chi connectivity index (χ4v) is 4.60. The lowest BCUT2D eigenvalue weighted by molar-refractivity contribution is -0.148. The van der Waals surface area contributed by atoms with Crippen LogP contribution in [0.2, 0.25) is 0 Å². The Hall–Kier alpha value is -1.02. The smallest absolute Gasteiger partial charge is 0.385 e. The number of nitrogens with one attached hydrogen (secondary N) is 2. The molecule has 1 saturated carbocycles. The number of rotatable bonds is 10. The van der Waals surface area contributed by atoms with Gasteiger partial charge in [0.15, 0.2) is 5.96 Å². The third kappa shape index (κ3) is 9.11. The number of nitrogens with zero attached hydrogens (tertiary/aromatic N) is 2. The molecule has 2 N–H and O–H groups in total. The van der Waals surface area contributed by atoms with E-state index in [1.165, 1.54) is 30.6 Å². The molecule has 2 aliphatic rings. The van der Waals surface area contributed by atoms with E-state index in [1.54, 1.807) is 7.11 Å². The zero-order chi connectivity index (χ0) is 21.2. The van der Waals surface area contributed by atoms with Crippen LogP contribution in [0.4, 0.5) is 13.2 Å². The summed E-state index contributed by atoms with van der Waals surface area (Å²) in [6.45, 7) is 5.59. The van der Waals surface area contributed by atoms with Crippen molar-refractivity contribution in [3.8, 4) is 0 Å². The van der Waals surface area contributed by atoms with Gasteiger partial charge in [0.2, 0.25) is 0 Å². The Bertz CT molecular complexity index is 485. The minimum atomic E-state index is -4.09. The summed E-state index contributed by atoms with van der Waals surface area (Å²) in [7, 11) is 1.76. The summed E-state index contributed by atoms with van der Waals surface area (Å²) < 4.78 is 42.8. The number of alkyl halides is 3. The molecule has 1 saturated heterocycles. The molecule has 0 bridgehead atoms. The maximum atomic E-state index is 12.5. The minimum Gasteiger partial charge on any atom is -0.385 e. The molecular formula is C21H39F3N4O. The Morgan fingerprint density at radius 2 is 1.86 bits per heavy atom. The van der Waals surface area contributed by atoms with Gasteiger partial charge in [-0.05, 0) is 69.9 Å². The zero-order valence-corrected chi connectivity index (χ0v) is 18.1. The number of aliphatic imine (C=N–C) groups is 1. The van der Waals surface area contributed by atoms with Gasteiger partial charge in [-0.25, -0.2) is 0 Å². The van der Waals surface area contributed by atoms with E-state index in [9.17, 15) is 13.2 Å². The van der Waals surface area contributed by atoms with E-state index in [4.69, 9.17) is 9.73 Å². The van der Waals surface area contributed by atoms with Crippen LogP contribution in [0.1, 0.15) is 58.3 Å². The highest BCUT2D eigenvalue weighted by molar-refractivity contribution is 5.79. The second-order valence-electron chi connectivity index (χ2n) is 8.70. The van der Waals surface area contributed by atoms with Gasteiger partial charge in [0.05, 0.1) is 6.54 Å². The van der Waals surface area contributed by atoms with E-state index in [2.05, 4.69) is 17.6 Å². The number of halogens is 3. The molecule has 1 aliphatic carbocycles. The molecule has 1 aliphatic heterocycles. The quantitative estimate of drug-likeness (QED) is 0.417. The van der Waals surface area contributed by atoms with Crippen LogP contribution in [0.15, 0.2) is 4.99 Å². The van der Waals surface area contributed by atoms with Gasteiger partial charge in [-0.15, -0.1) is 0 Å². The van der Waals surface area contributed by atoms with Gasteiger partial charge in [-0.3, -0.25) is 9.89 Å². The van der Waals surface area contributed by atoms with E-state index in [0.29, 0.717) is 19.0 Å². The summed E-state index contributed by atoms with van der Waals surface area (Å²) in [5, 5.41) is 6.75. The second kappa shape index (κ2) is 12.0. The average Bonchev–Trinajstić information content (AvgIpc) is 3.14. The van der Waals surface area contributed by atoms with E-state index < -0.39 is 12.7 Å². The SMILES string of the molecule is CCNC(=NCC1(CCOC)CCCC1)NCCC1CCN(CC(F)(F)F)CC1. The molecular weight excluding hydrogens is 381 g/mol. The van der Waals surface area contributed by atoms with Gasteiger partial charge in [-0.1, -0.05) is 12.8 Å². The van der Waals surface area contributed by atoms with Crippen LogP contribution in [-0.4, -0.2) is 70.0 Å². The fraction of sp³-hybridized carbons (Fsp3) is 0.952. The topological polar surface area (TPSA) is 48.9 Å². The minimum absolute atomic E-state index is 0.268. The third-order valence-electron chi connectivity index (χ3n) is 6.37. The monoisotopic (exact) mass is 420 g/mol. The summed E-state index contributed by atoms with van der Waals surface area (Å²) in [6, 6.07) is 0. The van der Waals surface area contributed by atoms with Gasteiger partial charge in [0.25, 0.3) is 0 Å². The molecule has 0 aromatic heterocycles. The highest BCUT2D eigenvalue weighted by Crippen LogP contribution is 2.41. The van der Waals surface area contributed by atoms with Crippen molar-refractivity contribution < 1.29 is 17.9 Å². The van der Waals surface area contributed by atoms with E-state index >= 15 is 0 Å². The highest BCUT2D eigenvalue weighted by atomic mass is 19.4. The molecule has 0 radical (unpaired) electrons. The largest absolute Gasteiger partial charge is 0.401 e. The predicted molar refractivity (Wildman–Crippen MR) is 111 cm³/mol. The van der Waals surface area contributed by atoms with Crippen molar-refractivity contribution in [1.82, 2.24) is 15.5 Å². The first-order chi connectivity index (χ1) is 13.9. The average molecular weight is 421 g/mol. The molecule has 1 heterocycles. The maximum Gasteiger partial charge on any atom is 0.401 e.